The Hall–Kier alpha value is -2.44. The molecule has 0 aliphatic carbocycles. The predicted molar refractivity (Wildman–Crippen MR) is 113 cm³/mol. The number of amides is 3. The van der Waals surface area contributed by atoms with Crippen molar-refractivity contribution in [1.29, 1.82) is 0 Å². The summed E-state index contributed by atoms with van der Waals surface area (Å²) < 4.78 is 13.5. The van der Waals surface area contributed by atoms with E-state index in [0.29, 0.717) is 33.2 Å². The van der Waals surface area contributed by atoms with Gasteiger partial charge < -0.3 is 5.32 Å². The third kappa shape index (κ3) is 4.65. The molecule has 2 N–H and O–H groups in total. The smallest absolute Gasteiger partial charge is 0.234 e. The maximum Gasteiger partial charge on any atom is 0.234 e. The van der Waals surface area contributed by atoms with E-state index >= 15 is 0 Å². The molecule has 158 valence electrons. The van der Waals surface area contributed by atoms with Crippen molar-refractivity contribution in [2.45, 2.75) is 44.6 Å². The number of carbonyl (C=O) groups excluding carboxylic acids is 3. The number of hydrogen-bond acceptors (Lipinski definition) is 3. The van der Waals surface area contributed by atoms with Crippen LogP contribution in [0.25, 0.3) is 0 Å². The van der Waals surface area contributed by atoms with Gasteiger partial charge in [-0.25, -0.2) is 4.39 Å². The monoisotopic (exact) mass is 450 g/mol. The van der Waals surface area contributed by atoms with Crippen LogP contribution in [0.3, 0.4) is 0 Å². The third-order valence-electron chi connectivity index (χ3n) is 5.29. The second-order valence-corrected chi connectivity index (χ2v) is 8.61. The molecule has 3 rings (SSSR count). The molecule has 2 aromatic rings. The first-order chi connectivity index (χ1) is 14.1. The van der Waals surface area contributed by atoms with Crippen LogP contribution in [0.5, 0.6) is 0 Å². The summed E-state index contributed by atoms with van der Waals surface area (Å²) in [5.74, 6) is -2.03. The van der Waals surface area contributed by atoms with Crippen molar-refractivity contribution in [1.82, 2.24) is 10.6 Å². The average molecular weight is 451 g/mol. The molecule has 8 heteroatoms. The van der Waals surface area contributed by atoms with Gasteiger partial charge in [0.2, 0.25) is 17.7 Å². The van der Waals surface area contributed by atoms with Gasteiger partial charge in [-0.05, 0) is 55.7 Å². The minimum atomic E-state index is -0.942. The summed E-state index contributed by atoms with van der Waals surface area (Å²) in [5.41, 5.74) is 0.745. The van der Waals surface area contributed by atoms with Gasteiger partial charge in [0, 0.05) is 28.6 Å². The summed E-state index contributed by atoms with van der Waals surface area (Å²) in [4.78, 5) is 36.2. The van der Waals surface area contributed by atoms with E-state index in [0.717, 1.165) is 0 Å². The number of nitrogens with one attached hydrogen (secondary N) is 2. The van der Waals surface area contributed by atoms with E-state index in [1.807, 2.05) is 0 Å². The van der Waals surface area contributed by atoms with Gasteiger partial charge in [0.05, 0.1) is 11.3 Å². The number of carbonyl (C=O) groups is 3. The van der Waals surface area contributed by atoms with E-state index < -0.39 is 23.1 Å². The maximum atomic E-state index is 13.5. The Morgan fingerprint density at radius 3 is 2.47 bits per heavy atom. The van der Waals surface area contributed by atoms with Gasteiger partial charge in [0.25, 0.3) is 0 Å². The number of rotatable bonds is 5. The van der Waals surface area contributed by atoms with Gasteiger partial charge in [0.1, 0.15) is 5.82 Å². The van der Waals surface area contributed by atoms with Crippen molar-refractivity contribution in [3.63, 3.8) is 0 Å². The van der Waals surface area contributed by atoms with Crippen molar-refractivity contribution in [3.8, 4) is 0 Å². The molecule has 0 spiro atoms. The fourth-order valence-electron chi connectivity index (χ4n) is 3.45. The molecule has 30 heavy (non-hydrogen) atoms. The summed E-state index contributed by atoms with van der Waals surface area (Å²) in [5, 5.41) is 5.71. The number of piperidine rings is 1. The molecule has 1 aliphatic rings. The van der Waals surface area contributed by atoms with Crippen LogP contribution in [0.2, 0.25) is 10.0 Å². The van der Waals surface area contributed by atoms with Gasteiger partial charge in [-0.1, -0.05) is 35.3 Å². The number of benzene rings is 2. The summed E-state index contributed by atoms with van der Waals surface area (Å²) in [7, 11) is 0. The van der Waals surface area contributed by atoms with Crippen molar-refractivity contribution >= 4 is 40.9 Å². The topological polar surface area (TPSA) is 75.3 Å². The van der Waals surface area contributed by atoms with Gasteiger partial charge in [-0.2, -0.15) is 0 Å². The molecule has 1 aliphatic heterocycles. The third-order valence-corrected chi connectivity index (χ3v) is 5.92. The normalized spacial score (nSPS) is 16.9. The minimum absolute atomic E-state index is 0.159. The van der Waals surface area contributed by atoms with Crippen molar-refractivity contribution < 1.29 is 18.8 Å². The summed E-state index contributed by atoms with van der Waals surface area (Å²) >= 11 is 12.8. The molecule has 1 atom stereocenters. The van der Waals surface area contributed by atoms with E-state index in [9.17, 15) is 18.8 Å². The average Bonchev–Trinajstić information content (AvgIpc) is 2.67. The number of hydrogen-bond donors (Lipinski definition) is 2. The zero-order valence-electron chi connectivity index (χ0n) is 16.5. The summed E-state index contributed by atoms with van der Waals surface area (Å²) in [6, 6.07) is 9.20. The Kier molecular flexibility index (Phi) is 6.48. The quantitative estimate of drug-likeness (QED) is 0.668. The molecule has 5 nitrogen and oxygen atoms in total. The Bertz CT molecular complexity index is 1000. The van der Waals surface area contributed by atoms with Crippen molar-refractivity contribution in [2.24, 2.45) is 0 Å². The molecule has 3 amide bonds. The van der Waals surface area contributed by atoms with Crippen LogP contribution in [0.1, 0.15) is 49.3 Å². The second kappa shape index (κ2) is 8.74. The Morgan fingerprint density at radius 2 is 1.87 bits per heavy atom. The van der Waals surface area contributed by atoms with Crippen molar-refractivity contribution in [2.75, 3.05) is 0 Å². The van der Waals surface area contributed by atoms with Gasteiger partial charge in [-0.15, -0.1) is 0 Å². The Labute approximate surface area is 183 Å². The zero-order valence-corrected chi connectivity index (χ0v) is 18.0. The largest absolute Gasteiger partial charge is 0.351 e. The fraction of sp³-hybridized carbons (Fsp3) is 0.318. The first-order valence-electron chi connectivity index (χ1n) is 9.45. The zero-order chi connectivity index (χ0) is 22.1. The molecule has 1 unspecified atom stereocenters. The fourth-order valence-corrected chi connectivity index (χ4v) is 4.25. The Balaban J connectivity index is 1.74. The van der Waals surface area contributed by atoms with Crippen LogP contribution in [-0.2, 0) is 26.3 Å². The van der Waals surface area contributed by atoms with E-state index in [-0.39, 0.29) is 24.8 Å². The second-order valence-electron chi connectivity index (χ2n) is 7.79. The van der Waals surface area contributed by atoms with Crippen LogP contribution in [0.15, 0.2) is 36.4 Å². The molecule has 1 fully saturated rings. The summed E-state index contributed by atoms with van der Waals surface area (Å²) in [6.45, 7) is 3.58. The summed E-state index contributed by atoms with van der Waals surface area (Å²) in [6.07, 6.45) is 0.554. The predicted octanol–water partition coefficient (Wildman–Crippen LogP) is 4.25. The lowest BCUT2D eigenvalue weighted by atomic mass is 9.83. The molecule has 2 aromatic carbocycles. The minimum Gasteiger partial charge on any atom is -0.351 e. The molecule has 0 bridgehead atoms. The van der Waals surface area contributed by atoms with E-state index in [1.54, 1.807) is 38.1 Å². The molecular formula is C22H21Cl2FN2O3. The van der Waals surface area contributed by atoms with Gasteiger partial charge >= 0.3 is 0 Å². The van der Waals surface area contributed by atoms with E-state index in [4.69, 9.17) is 23.2 Å². The molecule has 0 saturated carbocycles. The highest BCUT2D eigenvalue weighted by Gasteiger charge is 2.32. The lowest BCUT2D eigenvalue weighted by Crippen LogP contribution is -2.40. The van der Waals surface area contributed by atoms with E-state index in [2.05, 4.69) is 10.6 Å². The highest BCUT2D eigenvalue weighted by Crippen LogP contribution is 2.37. The van der Waals surface area contributed by atoms with Crippen LogP contribution in [0, 0.1) is 5.82 Å². The van der Waals surface area contributed by atoms with Crippen LogP contribution in [-0.4, -0.2) is 17.7 Å². The van der Waals surface area contributed by atoms with E-state index in [1.165, 1.54) is 12.1 Å². The molecular weight excluding hydrogens is 430 g/mol. The first-order valence-corrected chi connectivity index (χ1v) is 10.2. The van der Waals surface area contributed by atoms with Gasteiger partial charge in [0.15, 0.2) is 0 Å². The number of imide groups is 1. The van der Waals surface area contributed by atoms with Crippen LogP contribution < -0.4 is 10.6 Å². The first kappa shape index (κ1) is 22.2. The number of halogens is 3. The maximum absolute atomic E-state index is 13.5. The van der Waals surface area contributed by atoms with Crippen molar-refractivity contribution in [3.05, 3.63) is 69.0 Å². The van der Waals surface area contributed by atoms with Gasteiger partial charge in [-0.3, -0.25) is 19.7 Å². The lowest BCUT2D eigenvalue weighted by Gasteiger charge is -2.25. The Morgan fingerprint density at radius 1 is 1.20 bits per heavy atom. The molecule has 0 radical (unpaired) electrons. The standard InChI is InChI=1S/C22H21Cl2FN2O3/c1-22(2,13-4-3-5-14(25)10-13)21(30)26-11-12-8-16(23)19(17(24)9-12)15-6-7-18(28)27-20(15)29/h3-5,8-10,15H,6-7,11H2,1-2H3,(H,26,30)(H,27,28,29). The van der Waals surface area contributed by atoms with Crippen LogP contribution in [0.4, 0.5) is 4.39 Å². The molecule has 0 aromatic heterocycles. The lowest BCUT2D eigenvalue weighted by molar-refractivity contribution is -0.134. The molecule has 1 saturated heterocycles. The SMILES string of the molecule is CC(C)(C(=O)NCc1cc(Cl)c(C2CCC(=O)NC2=O)c(Cl)c1)c1cccc(F)c1. The van der Waals surface area contributed by atoms with Crippen LogP contribution >= 0.6 is 23.2 Å². The highest BCUT2D eigenvalue weighted by atomic mass is 35.5. The highest BCUT2D eigenvalue weighted by molar-refractivity contribution is 6.36. The molecule has 1 heterocycles.